The summed E-state index contributed by atoms with van der Waals surface area (Å²) in [6.07, 6.45) is 4.95. The smallest absolute Gasteiger partial charge is 0.168 e. The molecule has 7 heteroatoms. The van der Waals surface area contributed by atoms with Crippen molar-refractivity contribution in [2.45, 2.75) is 25.7 Å². The minimum atomic E-state index is 0.0450. The third kappa shape index (κ3) is 5.85. The van der Waals surface area contributed by atoms with E-state index in [-0.39, 0.29) is 24.1 Å². The summed E-state index contributed by atoms with van der Waals surface area (Å²) in [7, 11) is 0. The van der Waals surface area contributed by atoms with Gasteiger partial charge >= 0.3 is 0 Å². The molecule has 1 atom stereocenters. The SMILES string of the molecule is O=C1CC(C2CCNCC2)CC(O)=C1C=NCCN1CCN(CCO)CC1. The molecule has 0 radical (unpaired) electrons. The second-order valence-electron chi connectivity index (χ2n) is 7.98. The van der Waals surface area contributed by atoms with Crippen LogP contribution in [-0.2, 0) is 4.79 Å². The molecular formula is C20H34N4O3. The molecule has 0 aromatic heterocycles. The number of piperidine rings is 1. The second-order valence-corrected chi connectivity index (χ2v) is 7.98. The molecule has 2 saturated heterocycles. The first kappa shape index (κ1) is 20.5. The zero-order chi connectivity index (χ0) is 19.1. The van der Waals surface area contributed by atoms with E-state index in [9.17, 15) is 9.90 Å². The molecule has 7 nitrogen and oxygen atoms in total. The van der Waals surface area contributed by atoms with Crippen molar-refractivity contribution in [2.24, 2.45) is 16.8 Å². The molecule has 0 amide bonds. The fraction of sp³-hybridized carbons (Fsp3) is 0.800. The molecule has 1 aliphatic carbocycles. The van der Waals surface area contributed by atoms with Gasteiger partial charge in [0, 0.05) is 58.3 Å². The molecule has 2 heterocycles. The van der Waals surface area contributed by atoms with Crippen molar-refractivity contribution in [3.05, 3.63) is 11.3 Å². The number of nitrogens with zero attached hydrogens (tertiary/aromatic N) is 3. The Bertz CT molecular complexity index is 549. The zero-order valence-electron chi connectivity index (χ0n) is 16.3. The fourth-order valence-electron chi connectivity index (χ4n) is 4.47. The van der Waals surface area contributed by atoms with E-state index in [0.29, 0.717) is 30.9 Å². The normalized spacial score (nSPS) is 27.0. The molecule has 2 aliphatic heterocycles. The van der Waals surface area contributed by atoms with Gasteiger partial charge in [0.15, 0.2) is 5.78 Å². The maximum atomic E-state index is 12.5. The third-order valence-corrected chi connectivity index (χ3v) is 6.21. The van der Waals surface area contributed by atoms with Gasteiger partial charge in [-0.2, -0.15) is 0 Å². The van der Waals surface area contributed by atoms with Gasteiger partial charge in [-0.15, -0.1) is 0 Å². The number of aliphatic hydroxyl groups excluding tert-OH is 2. The van der Waals surface area contributed by atoms with E-state index >= 15 is 0 Å². The van der Waals surface area contributed by atoms with Crippen molar-refractivity contribution in [1.29, 1.82) is 0 Å². The molecule has 27 heavy (non-hydrogen) atoms. The van der Waals surface area contributed by atoms with Gasteiger partial charge in [0.05, 0.1) is 18.7 Å². The molecule has 2 fully saturated rings. The lowest BCUT2D eigenvalue weighted by molar-refractivity contribution is -0.117. The van der Waals surface area contributed by atoms with Gasteiger partial charge in [-0.25, -0.2) is 0 Å². The zero-order valence-corrected chi connectivity index (χ0v) is 16.3. The lowest BCUT2D eigenvalue weighted by atomic mass is 9.75. The van der Waals surface area contributed by atoms with Gasteiger partial charge in [0.1, 0.15) is 5.76 Å². The van der Waals surface area contributed by atoms with Gasteiger partial charge in [-0.05, 0) is 37.8 Å². The lowest BCUT2D eigenvalue weighted by Crippen LogP contribution is -2.47. The molecule has 0 spiro atoms. The standard InChI is InChI=1S/C20H34N4O3/c25-12-11-24-9-7-23(8-10-24)6-5-22-15-18-19(26)13-17(14-20(18)27)16-1-3-21-4-2-16/h15-17,21,25-26H,1-14H2. The van der Waals surface area contributed by atoms with Crippen molar-refractivity contribution in [3.63, 3.8) is 0 Å². The molecular weight excluding hydrogens is 344 g/mol. The van der Waals surface area contributed by atoms with Crippen LogP contribution in [0.1, 0.15) is 25.7 Å². The van der Waals surface area contributed by atoms with Crippen LogP contribution in [0.2, 0.25) is 0 Å². The van der Waals surface area contributed by atoms with Crippen LogP contribution >= 0.6 is 0 Å². The Hall–Kier alpha value is -1.28. The number of β-amino-alcohol motifs (C(OH)–C–C–N with tert-alkyl or cyclic N) is 1. The number of Topliss-reactive ketones (excluding diaryl/α,β-unsaturated/α-hetero) is 1. The second kappa shape index (κ2) is 10.3. The van der Waals surface area contributed by atoms with Crippen LogP contribution in [0.5, 0.6) is 0 Å². The van der Waals surface area contributed by atoms with Gasteiger partial charge in [-0.3, -0.25) is 19.6 Å². The molecule has 0 aromatic carbocycles. The average molecular weight is 379 g/mol. The van der Waals surface area contributed by atoms with Crippen molar-refractivity contribution >= 4 is 12.0 Å². The molecule has 0 aromatic rings. The number of aliphatic imine (C=N–C) groups is 1. The summed E-state index contributed by atoms with van der Waals surface area (Å²) in [5.41, 5.74) is 0.424. The Morgan fingerprint density at radius 3 is 2.33 bits per heavy atom. The van der Waals surface area contributed by atoms with Gasteiger partial charge in [-0.1, -0.05) is 0 Å². The van der Waals surface area contributed by atoms with E-state index in [1.165, 1.54) is 0 Å². The first-order valence-electron chi connectivity index (χ1n) is 10.4. The van der Waals surface area contributed by atoms with E-state index in [2.05, 4.69) is 20.1 Å². The maximum absolute atomic E-state index is 12.5. The molecule has 0 saturated carbocycles. The number of rotatable bonds is 7. The number of ketones is 1. The van der Waals surface area contributed by atoms with Gasteiger partial charge in [0.25, 0.3) is 0 Å². The maximum Gasteiger partial charge on any atom is 0.168 e. The number of hydrogen-bond acceptors (Lipinski definition) is 7. The van der Waals surface area contributed by atoms with Crippen molar-refractivity contribution < 1.29 is 15.0 Å². The summed E-state index contributed by atoms with van der Waals surface area (Å²) in [6, 6.07) is 0. The molecule has 3 rings (SSSR count). The Balaban J connectivity index is 1.43. The fourth-order valence-corrected chi connectivity index (χ4v) is 4.47. The predicted octanol–water partition coefficient (Wildman–Crippen LogP) is 0.458. The molecule has 152 valence electrons. The van der Waals surface area contributed by atoms with Crippen molar-refractivity contribution in [1.82, 2.24) is 15.1 Å². The highest BCUT2D eigenvalue weighted by molar-refractivity contribution is 6.14. The van der Waals surface area contributed by atoms with E-state index in [1.807, 2.05) is 0 Å². The van der Waals surface area contributed by atoms with Crippen molar-refractivity contribution in [3.8, 4) is 0 Å². The first-order chi connectivity index (χ1) is 13.2. The highest BCUT2D eigenvalue weighted by atomic mass is 16.3. The van der Waals surface area contributed by atoms with E-state index in [1.54, 1.807) is 6.21 Å². The summed E-state index contributed by atoms with van der Waals surface area (Å²) < 4.78 is 0. The summed E-state index contributed by atoms with van der Waals surface area (Å²) >= 11 is 0. The molecule has 3 aliphatic rings. The Labute approximate surface area is 162 Å². The first-order valence-corrected chi connectivity index (χ1v) is 10.4. The van der Waals surface area contributed by atoms with Crippen LogP contribution < -0.4 is 5.32 Å². The predicted molar refractivity (Wildman–Crippen MR) is 106 cm³/mol. The highest BCUT2D eigenvalue weighted by Crippen LogP contribution is 2.34. The number of nitrogens with one attached hydrogen (secondary N) is 1. The van der Waals surface area contributed by atoms with E-state index in [4.69, 9.17) is 5.11 Å². The number of piperazine rings is 1. The van der Waals surface area contributed by atoms with Crippen LogP contribution in [0.3, 0.4) is 0 Å². The Kier molecular flexibility index (Phi) is 7.81. The average Bonchev–Trinajstić information content (AvgIpc) is 2.69. The van der Waals surface area contributed by atoms with Crippen LogP contribution in [0.4, 0.5) is 0 Å². The number of allylic oxidation sites excluding steroid dienone is 2. The molecule has 1 unspecified atom stereocenters. The minimum absolute atomic E-state index is 0.0450. The number of carbonyl (C=O) groups excluding carboxylic acids is 1. The number of aliphatic hydroxyl groups is 2. The minimum Gasteiger partial charge on any atom is -0.511 e. The highest BCUT2D eigenvalue weighted by Gasteiger charge is 2.32. The van der Waals surface area contributed by atoms with E-state index in [0.717, 1.165) is 65.2 Å². The van der Waals surface area contributed by atoms with Crippen LogP contribution in [0, 0.1) is 11.8 Å². The number of carbonyl (C=O) groups is 1. The lowest BCUT2D eigenvalue weighted by Gasteiger charge is -2.34. The summed E-state index contributed by atoms with van der Waals surface area (Å²) in [5, 5.41) is 22.7. The quantitative estimate of drug-likeness (QED) is 0.558. The summed E-state index contributed by atoms with van der Waals surface area (Å²) in [5.74, 6) is 1.10. The Morgan fingerprint density at radius 2 is 1.70 bits per heavy atom. The number of hydrogen-bond donors (Lipinski definition) is 3. The van der Waals surface area contributed by atoms with Crippen LogP contribution in [0.25, 0.3) is 0 Å². The molecule has 3 N–H and O–H groups in total. The topological polar surface area (TPSA) is 88.4 Å². The van der Waals surface area contributed by atoms with Crippen LogP contribution in [0.15, 0.2) is 16.3 Å². The summed E-state index contributed by atoms with van der Waals surface area (Å²) in [4.78, 5) is 21.5. The van der Waals surface area contributed by atoms with E-state index < -0.39 is 0 Å². The Morgan fingerprint density at radius 1 is 1.04 bits per heavy atom. The van der Waals surface area contributed by atoms with Crippen molar-refractivity contribution in [2.75, 3.05) is 65.5 Å². The third-order valence-electron chi connectivity index (χ3n) is 6.21. The van der Waals surface area contributed by atoms with Gasteiger partial charge in [0.2, 0.25) is 0 Å². The largest absolute Gasteiger partial charge is 0.511 e. The van der Waals surface area contributed by atoms with Gasteiger partial charge < -0.3 is 15.5 Å². The summed E-state index contributed by atoms with van der Waals surface area (Å²) in [6.45, 7) is 8.44. The van der Waals surface area contributed by atoms with Crippen LogP contribution in [-0.4, -0.2) is 97.5 Å². The molecule has 0 bridgehead atoms. The monoisotopic (exact) mass is 378 g/mol.